The van der Waals surface area contributed by atoms with Crippen molar-refractivity contribution in [3.63, 3.8) is 0 Å². The lowest BCUT2D eigenvalue weighted by Crippen LogP contribution is -2.81. The molecule has 0 amide bonds. The summed E-state index contributed by atoms with van der Waals surface area (Å²) in [6.07, 6.45) is -3.30. The van der Waals surface area contributed by atoms with E-state index in [2.05, 4.69) is 83.1 Å². The second kappa shape index (κ2) is 14.3. The maximum Gasteiger partial charge on any atom is 0.509 e. The Morgan fingerprint density at radius 2 is 1.25 bits per heavy atom. The van der Waals surface area contributed by atoms with E-state index in [1.54, 1.807) is 0 Å². The summed E-state index contributed by atoms with van der Waals surface area (Å²) >= 11 is 0. The first-order valence-corrected chi connectivity index (χ1v) is 28.0. The van der Waals surface area contributed by atoms with Crippen LogP contribution in [-0.2, 0) is 32.3 Å². The van der Waals surface area contributed by atoms with E-state index in [9.17, 15) is 9.90 Å². The van der Waals surface area contributed by atoms with Gasteiger partial charge in [0.1, 0.15) is 11.7 Å². The Bertz CT molecular complexity index is 1330. The van der Waals surface area contributed by atoms with E-state index >= 15 is 4.79 Å². The molecule has 4 fully saturated rings. The van der Waals surface area contributed by atoms with E-state index in [-0.39, 0.29) is 18.5 Å². The molecular formula is C39H70O9Si3. The molecule has 0 radical (unpaired) electrons. The van der Waals surface area contributed by atoms with Crippen molar-refractivity contribution in [3.8, 4) is 0 Å². The van der Waals surface area contributed by atoms with E-state index in [1.165, 1.54) is 0 Å². The van der Waals surface area contributed by atoms with Crippen LogP contribution in [0, 0.1) is 16.7 Å². The third-order valence-corrected chi connectivity index (χ3v) is 29.6. The molecule has 2 saturated heterocycles. The third-order valence-electron chi connectivity index (χ3n) is 15.7. The zero-order chi connectivity index (χ0) is 38.0. The molecule has 2 bridgehead atoms. The number of ether oxygens (including phenoxy) is 3. The van der Waals surface area contributed by atoms with Crippen LogP contribution in [0.15, 0.2) is 11.1 Å². The fourth-order valence-corrected chi connectivity index (χ4v) is 19.7. The summed E-state index contributed by atoms with van der Waals surface area (Å²) in [5.74, 6) is -0.907. The summed E-state index contributed by atoms with van der Waals surface area (Å²) in [4.78, 5) is 30.0. The van der Waals surface area contributed by atoms with Crippen molar-refractivity contribution >= 4 is 36.9 Å². The molecule has 0 unspecified atom stereocenters. The van der Waals surface area contributed by atoms with Crippen LogP contribution in [0.25, 0.3) is 0 Å². The van der Waals surface area contributed by atoms with Crippen LogP contribution >= 0.6 is 0 Å². The van der Waals surface area contributed by atoms with Gasteiger partial charge in [-0.3, -0.25) is 4.79 Å². The van der Waals surface area contributed by atoms with Crippen molar-refractivity contribution in [2.45, 2.75) is 199 Å². The SMILES string of the molecule is CC[Si](CC)(CC)O[C@H]1C(=O)[C@]2(C)[C@@H](O[Si](CC)(CC)CC)C[C@H]3OC[C@@]3(O)[C@H]2[C@@H]2OC(=O)O[C@]23C[C@H](O[Si](CC)(CC)CC)C(C)=C1C3(C)C. The molecule has 0 aromatic carbocycles. The van der Waals surface area contributed by atoms with Crippen molar-refractivity contribution in [1.29, 1.82) is 0 Å². The van der Waals surface area contributed by atoms with Gasteiger partial charge in [-0.15, -0.1) is 0 Å². The van der Waals surface area contributed by atoms with Crippen molar-refractivity contribution in [2.24, 2.45) is 16.7 Å². The summed E-state index contributed by atoms with van der Waals surface area (Å²) in [6.45, 7) is 28.2. The number of Topliss-reactive ketones (excluding diaryl/α,β-unsaturated/α-hetero) is 1. The van der Waals surface area contributed by atoms with Crippen LogP contribution in [0.5, 0.6) is 0 Å². The summed E-state index contributed by atoms with van der Waals surface area (Å²) in [5, 5.41) is 12.8. The molecule has 51 heavy (non-hydrogen) atoms. The highest BCUT2D eigenvalue weighted by Crippen LogP contribution is 2.67. The summed E-state index contributed by atoms with van der Waals surface area (Å²) in [5.41, 5.74) is -2.90. The van der Waals surface area contributed by atoms with Crippen LogP contribution in [0.4, 0.5) is 4.79 Å². The first-order valence-electron chi connectivity index (χ1n) is 20.4. The molecule has 0 aromatic rings. The van der Waals surface area contributed by atoms with Gasteiger partial charge >= 0.3 is 6.16 Å². The average molecular weight is 767 g/mol. The number of fused-ring (bicyclic) bond motifs is 5. The number of hydrogen-bond donors (Lipinski definition) is 1. The van der Waals surface area contributed by atoms with Gasteiger partial charge in [0.15, 0.2) is 42.4 Å². The van der Waals surface area contributed by atoms with Crippen molar-refractivity contribution in [2.75, 3.05) is 6.61 Å². The molecule has 9 atom stereocenters. The Hall–Kier alpha value is -0.869. The molecular weight excluding hydrogens is 697 g/mol. The smallest absolute Gasteiger partial charge is 0.426 e. The molecule has 2 aliphatic heterocycles. The molecule has 12 heteroatoms. The quantitative estimate of drug-likeness (QED) is 0.0993. The predicted octanol–water partition coefficient (Wildman–Crippen LogP) is 8.92. The second-order valence-electron chi connectivity index (χ2n) is 17.3. The number of rotatable bonds is 15. The molecule has 0 aromatic heterocycles. The molecule has 5 aliphatic rings. The van der Waals surface area contributed by atoms with Crippen molar-refractivity contribution in [3.05, 3.63) is 11.1 Å². The standard InChI is InChI=1S/C39H70O9Si3/c1-14-49(15-2,16-3)46-27-24-39-34(44-35(41)45-39)32-37(13,28(23-29-38(32,42)25-43-29)47-50(17-4,18-5)19-6)33(40)31(30(26(27)10)36(39,11)12)48-51(20-7,21-8)22-9/h27-29,31-32,34,42H,14-25H2,1-13H3/t27-,28-,29+,31+,32-,34-,37+,38-,39+/m0/s1. The minimum Gasteiger partial charge on any atom is -0.426 e. The van der Waals surface area contributed by atoms with E-state index in [0.717, 1.165) is 65.5 Å². The number of aliphatic hydroxyl groups is 1. The largest absolute Gasteiger partial charge is 0.509 e. The van der Waals surface area contributed by atoms with E-state index in [1.807, 2.05) is 6.92 Å². The highest BCUT2D eigenvalue weighted by Gasteiger charge is 2.80. The first kappa shape index (κ1) is 41.3. The monoisotopic (exact) mass is 766 g/mol. The summed E-state index contributed by atoms with van der Waals surface area (Å²) < 4.78 is 41.4. The van der Waals surface area contributed by atoms with E-state index in [4.69, 9.17) is 27.5 Å². The zero-order valence-electron chi connectivity index (χ0n) is 34.2. The highest BCUT2D eigenvalue weighted by atomic mass is 28.4. The molecule has 5 rings (SSSR count). The van der Waals surface area contributed by atoms with Gasteiger partial charge in [0.05, 0.1) is 30.3 Å². The molecule has 3 aliphatic carbocycles. The molecule has 1 N–H and O–H groups in total. The highest BCUT2D eigenvalue weighted by molar-refractivity contribution is 6.74. The number of hydrogen-bond acceptors (Lipinski definition) is 9. The van der Waals surface area contributed by atoms with Gasteiger partial charge in [-0.25, -0.2) is 4.79 Å². The van der Waals surface area contributed by atoms with Crippen LogP contribution in [0.1, 0.15) is 103 Å². The van der Waals surface area contributed by atoms with E-state index < -0.39 is 83.5 Å². The van der Waals surface area contributed by atoms with Gasteiger partial charge in [0.2, 0.25) is 0 Å². The average Bonchev–Trinajstić information content (AvgIpc) is 3.45. The Morgan fingerprint density at radius 3 is 1.73 bits per heavy atom. The number of carbonyl (C=O) groups is 2. The predicted molar refractivity (Wildman–Crippen MR) is 207 cm³/mol. The van der Waals surface area contributed by atoms with E-state index in [0.29, 0.717) is 12.8 Å². The maximum atomic E-state index is 16.3. The van der Waals surface area contributed by atoms with Gasteiger partial charge in [-0.1, -0.05) is 76.2 Å². The summed E-state index contributed by atoms with van der Waals surface area (Å²) in [6, 6.07) is 8.24. The van der Waals surface area contributed by atoms with Crippen LogP contribution in [0.3, 0.4) is 0 Å². The normalized spacial score (nSPS) is 37.8. The van der Waals surface area contributed by atoms with Gasteiger partial charge < -0.3 is 32.6 Å². The topological polar surface area (TPSA) is 110 Å². The third kappa shape index (κ3) is 5.89. The molecule has 2 heterocycles. The van der Waals surface area contributed by atoms with Crippen LogP contribution in [-0.4, -0.2) is 90.3 Å². The van der Waals surface area contributed by atoms with Gasteiger partial charge in [-0.2, -0.15) is 0 Å². The van der Waals surface area contributed by atoms with Crippen molar-refractivity contribution in [1.82, 2.24) is 0 Å². The lowest BCUT2D eigenvalue weighted by atomic mass is 9.45. The molecule has 2 saturated carbocycles. The maximum absolute atomic E-state index is 16.3. The second-order valence-corrected chi connectivity index (χ2v) is 31.5. The lowest BCUT2D eigenvalue weighted by Gasteiger charge is -2.67. The minimum atomic E-state index is -2.43. The van der Waals surface area contributed by atoms with Crippen LogP contribution < -0.4 is 0 Å². The van der Waals surface area contributed by atoms with Crippen molar-refractivity contribution < 1.29 is 42.2 Å². The Labute approximate surface area is 311 Å². The Morgan fingerprint density at radius 1 is 0.765 bits per heavy atom. The minimum absolute atomic E-state index is 0.0582. The number of ketones is 1. The summed E-state index contributed by atoms with van der Waals surface area (Å²) in [7, 11) is -6.90. The molecule has 1 spiro atoms. The fraction of sp³-hybridized carbons (Fsp3) is 0.897. The fourth-order valence-electron chi connectivity index (χ4n) is 11.2. The zero-order valence-corrected chi connectivity index (χ0v) is 37.2. The Kier molecular flexibility index (Phi) is 11.6. The van der Waals surface area contributed by atoms with Gasteiger partial charge in [-0.05, 0) is 79.4 Å². The molecule has 9 nitrogen and oxygen atoms in total. The first-order chi connectivity index (χ1) is 23.9. The lowest BCUT2D eigenvalue weighted by molar-refractivity contribution is -0.332. The number of carbonyl (C=O) groups excluding carboxylic acids is 2. The molecule has 292 valence electrons. The Balaban J connectivity index is 1.87. The van der Waals surface area contributed by atoms with Gasteiger partial charge in [0, 0.05) is 24.2 Å². The van der Waals surface area contributed by atoms with Gasteiger partial charge in [0.25, 0.3) is 0 Å². The van der Waals surface area contributed by atoms with Crippen LogP contribution in [0.2, 0.25) is 54.4 Å².